The summed E-state index contributed by atoms with van der Waals surface area (Å²) in [6.45, 7) is 0. The highest BCUT2D eigenvalue weighted by molar-refractivity contribution is 7.12. The van der Waals surface area contributed by atoms with E-state index in [4.69, 9.17) is 4.74 Å². The number of benzene rings is 1. The molecular weight excluding hydrogens is 373 g/mol. The van der Waals surface area contributed by atoms with E-state index in [9.17, 15) is 14.0 Å². The molecule has 0 unspecified atom stereocenters. The number of hydrogen-bond donors (Lipinski definition) is 1. The van der Waals surface area contributed by atoms with Crippen LogP contribution in [0.15, 0.2) is 53.0 Å². The Labute approximate surface area is 156 Å². The normalized spacial score (nSPS) is 15.9. The number of Topliss-reactive ketones (excluding diaryl/α,β-unsaturated/α-hetero) is 1. The summed E-state index contributed by atoms with van der Waals surface area (Å²) in [5.41, 5.74) is 0.425. The first-order chi connectivity index (χ1) is 13.1. The van der Waals surface area contributed by atoms with Crippen molar-refractivity contribution in [3.05, 3.63) is 69.3 Å². The number of esters is 1. The number of nitrogens with one attached hydrogen (secondary N) is 1. The Balaban J connectivity index is 1.97. The number of anilines is 1. The number of ether oxygens (including phenoxy) is 1. The number of carbonyl (C=O) groups excluding carboxylic acids is 2. The van der Waals surface area contributed by atoms with Gasteiger partial charge in [-0.1, -0.05) is 23.3 Å². The van der Waals surface area contributed by atoms with Crippen LogP contribution in [0.5, 0.6) is 0 Å². The van der Waals surface area contributed by atoms with Gasteiger partial charge in [0.05, 0.1) is 17.6 Å². The molecule has 4 rings (SSSR count). The number of halogens is 1. The lowest BCUT2D eigenvalue weighted by Crippen LogP contribution is -2.32. The molecule has 0 fully saturated rings. The third-order valence-corrected chi connectivity index (χ3v) is 4.93. The zero-order valence-electron chi connectivity index (χ0n) is 13.9. The van der Waals surface area contributed by atoms with Gasteiger partial charge in [0.15, 0.2) is 0 Å². The van der Waals surface area contributed by atoms with Crippen LogP contribution in [0.25, 0.3) is 0 Å². The van der Waals surface area contributed by atoms with E-state index in [2.05, 4.69) is 20.8 Å². The summed E-state index contributed by atoms with van der Waals surface area (Å²) in [5.74, 6) is -1.48. The molecule has 8 nitrogen and oxygen atoms in total. The molecule has 0 saturated carbocycles. The minimum absolute atomic E-state index is 0.0764. The number of carbonyl (C=O) groups is 2. The van der Waals surface area contributed by atoms with Crippen LogP contribution >= 0.6 is 11.3 Å². The number of nitrogens with zero attached hydrogens (tertiary/aromatic N) is 4. The number of fused-ring (bicyclic) bond motifs is 1. The number of thiophene rings is 1. The Hall–Kier alpha value is -3.40. The van der Waals surface area contributed by atoms with Gasteiger partial charge in [0.2, 0.25) is 11.7 Å². The predicted molar refractivity (Wildman–Crippen MR) is 93.7 cm³/mol. The molecule has 2 aromatic heterocycles. The van der Waals surface area contributed by atoms with Crippen molar-refractivity contribution in [1.82, 2.24) is 20.2 Å². The maximum Gasteiger partial charge on any atom is 0.355 e. The molecule has 3 heterocycles. The highest BCUT2D eigenvalue weighted by Crippen LogP contribution is 2.37. The van der Waals surface area contributed by atoms with Crippen molar-refractivity contribution in [3.63, 3.8) is 0 Å². The van der Waals surface area contributed by atoms with Gasteiger partial charge in [-0.3, -0.25) is 4.79 Å². The minimum atomic E-state index is -0.893. The first-order valence-corrected chi connectivity index (χ1v) is 8.69. The molecule has 0 saturated heterocycles. The van der Waals surface area contributed by atoms with Gasteiger partial charge in [-0.05, 0) is 39.6 Å². The van der Waals surface area contributed by atoms with Crippen LogP contribution in [0.3, 0.4) is 0 Å². The molecule has 1 aliphatic heterocycles. The van der Waals surface area contributed by atoms with Crippen LogP contribution in [0.4, 0.5) is 10.3 Å². The number of tetrazole rings is 1. The average molecular weight is 385 g/mol. The molecule has 10 heteroatoms. The van der Waals surface area contributed by atoms with Gasteiger partial charge in [-0.15, -0.1) is 11.3 Å². The molecular formula is C17H12FN5O3S. The van der Waals surface area contributed by atoms with E-state index in [1.54, 1.807) is 23.6 Å². The van der Waals surface area contributed by atoms with Crippen LogP contribution in [-0.2, 0) is 9.53 Å². The molecule has 3 aromatic rings. The van der Waals surface area contributed by atoms with Gasteiger partial charge in [0, 0.05) is 0 Å². The van der Waals surface area contributed by atoms with Crippen LogP contribution in [-0.4, -0.2) is 39.1 Å². The third kappa shape index (κ3) is 2.89. The zero-order chi connectivity index (χ0) is 19.0. The smallest absolute Gasteiger partial charge is 0.355 e. The highest BCUT2D eigenvalue weighted by atomic mass is 32.1. The van der Waals surface area contributed by atoms with Crippen LogP contribution in [0.1, 0.15) is 21.3 Å². The third-order valence-electron chi connectivity index (χ3n) is 4.06. The average Bonchev–Trinajstić information content (AvgIpc) is 3.36. The summed E-state index contributed by atoms with van der Waals surface area (Å²) < 4.78 is 20.0. The van der Waals surface area contributed by atoms with Crippen molar-refractivity contribution >= 4 is 29.0 Å². The van der Waals surface area contributed by atoms with Crippen molar-refractivity contribution < 1.29 is 18.7 Å². The summed E-state index contributed by atoms with van der Waals surface area (Å²) in [4.78, 5) is 26.0. The number of aromatic nitrogens is 4. The summed E-state index contributed by atoms with van der Waals surface area (Å²) in [7, 11) is 1.21. The van der Waals surface area contributed by atoms with E-state index < -0.39 is 23.6 Å². The largest absolute Gasteiger partial charge is 0.464 e. The maximum absolute atomic E-state index is 13.9. The van der Waals surface area contributed by atoms with Gasteiger partial charge in [-0.25, -0.2) is 9.18 Å². The van der Waals surface area contributed by atoms with E-state index in [0.717, 1.165) is 0 Å². The second-order valence-corrected chi connectivity index (χ2v) is 6.56. The summed E-state index contributed by atoms with van der Waals surface area (Å²) in [6.07, 6.45) is 0. The molecule has 1 N–H and O–H groups in total. The Bertz CT molecular complexity index is 1060. The van der Waals surface area contributed by atoms with Crippen molar-refractivity contribution in [2.45, 2.75) is 6.04 Å². The molecule has 1 atom stereocenters. The molecule has 0 radical (unpaired) electrons. The number of rotatable bonds is 4. The minimum Gasteiger partial charge on any atom is -0.464 e. The number of ketones is 1. The fourth-order valence-electron chi connectivity index (χ4n) is 2.91. The first kappa shape index (κ1) is 17.0. The molecule has 0 amide bonds. The predicted octanol–water partition coefficient (Wildman–Crippen LogP) is 2.20. The molecule has 0 bridgehead atoms. The van der Waals surface area contributed by atoms with E-state index >= 15 is 0 Å². The van der Waals surface area contributed by atoms with Crippen LogP contribution < -0.4 is 5.32 Å². The summed E-state index contributed by atoms with van der Waals surface area (Å²) in [5, 5.41) is 15.8. The lowest BCUT2D eigenvalue weighted by molar-refractivity contribution is -0.136. The molecule has 136 valence electrons. The van der Waals surface area contributed by atoms with Gasteiger partial charge in [-0.2, -0.15) is 4.68 Å². The lowest BCUT2D eigenvalue weighted by atomic mass is 9.91. The zero-order valence-corrected chi connectivity index (χ0v) is 14.7. The first-order valence-electron chi connectivity index (χ1n) is 7.81. The Morgan fingerprint density at radius 3 is 2.85 bits per heavy atom. The Morgan fingerprint density at radius 2 is 2.15 bits per heavy atom. The summed E-state index contributed by atoms with van der Waals surface area (Å²) in [6, 6.07) is 8.20. The van der Waals surface area contributed by atoms with Gasteiger partial charge < -0.3 is 10.1 Å². The number of methoxy groups -OCH3 is 1. The van der Waals surface area contributed by atoms with Gasteiger partial charge in [0.1, 0.15) is 17.6 Å². The molecule has 0 aliphatic carbocycles. The lowest BCUT2D eigenvalue weighted by Gasteiger charge is -2.27. The second kappa shape index (κ2) is 6.72. The highest BCUT2D eigenvalue weighted by Gasteiger charge is 2.38. The standard InChI is InChI=1S/C17H12FN5O3S/c1-26-16(25)13-12(15(24)11-6-3-7-27-11)14(9-4-2-5-10(18)8-9)23-17(19-13)20-21-22-23/h2-8,14H,1H3,(H,19,20,22)/t14-/m1/s1. The molecule has 27 heavy (non-hydrogen) atoms. The number of hydrogen-bond acceptors (Lipinski definition) is 8. The van der Waals surface area contributed by atoms with Crippen LogP contribution in [0.2, 0.25) is 0 Å². The Morgan fingerprint density at radius 1 is 1.30 bits per heavy atom. The van der Waals surface area contributed by atoms with Crippen molar-refractivity contribution in [2.24, 2.45) is 0 Å². The van der Waals surface area contributed by atoms with Crippen molar-refractivity contribution in [3.8, 4) is 0 Å². The molecule has 1 aliphatic rings. The SMILES string of the molecule is COC(=O)C1=C(C(=O)c2cccs2)[C@@H](c2cccc(F)c2)n2nnnc2N1. The van der Waals surface area contributed by atoms with Crippen LogP contribution in [0, 0.1) is 5.82 Å². The topological polar surface area (TPSA) is 99.0 Å². The van der Waals surface area contributed by atoms with Crippen molar-refractivity contribution in [2.75, 3.05) is 12.4 Å². The fourth-order valence-corrected chi connectivity index (χ4v) is 3.59. The van der Waals surface area contributed by atoms with E-state index in [1.807, 2.05) is 0 Å². The maximum atomic E-state index is 13.9. The quantitative estimate of drug-likeness (QED) is 0.543. The van der Waals surface area contributed by atoms with Gasteiger partial charge in [0.25, 0.3) is 0 Å². The Kier molecular flexibility index (Phi) is 4.24. The monoisotopic (exact) mass is 385 g/mol. The second-order valence-electron chi connectivity index (χ2n) is 5.62. The summed E-state index contributed by atoms with van der Waals surface area (Å²) >= 11 is 1.23. The molecule has 1 aromatic carbocycles. The number of allylic oxidation sites excluding steroid dienone is 1. The fraction of sp³-hybridized carbons (Fsp3) is 0.118. The van der Waals surface area contributed by atoms with E-state index in [1.165, 1.54) is 41.3 Å². The van der Waals surface area contributed by atoms with Gasteiger partial charge >= 0.3 is 5.97 Å². The van der Waals surface area contributed by atoms with E-state index in [0.29, 0.717) is 10.4 Å². The molecule has 0 spiro atoms. The van der Waals surface area contributed by atoms with E-state index in [-0.39, 0.29) is 17.2 Å². The van der Waals surface area contributed by atoms with Crippen molar-refractivity contribution in [1.29, 1.82) is 0 Å².